The quantitative estimate of drug-likeness (QED) is 0.530. The highest BCUT2D eigenvalue weighted by Gasteiger charge is 2.20. The van der Waals surface area contributed by atoms with Gasteiger partial charge in [0.05, 0.1) is 12.6 Å². The fourth-order valence-corrected chi connectivity index (χ4v) is 0.765. The molecule has 0 aliphatic heterocycles. The van der Waals surface area contributed by atoms with E-state index < -0.39 is 5.54 Å². The molecule has 0 bridgehead atoms. The average molecular weight is 239 g/mol. The van der Waals surface area contributed by atoms with Gasteiger partial charge in [0, 0.05) is 13.0 Å². The van der Waals surface area contributed by atoms with Crippen molar-refractivity contribution in [3.63, 3.8) is 0 Å². The monoisotopic (exact) mass is 238 g/mol. The third-order valence-electron chi connectivity index (χ3n) is 1.66. The number of nitrogens with two attached hydrogens (primary N) is 1. The summed E-state index contributed by atoms with van der Waals surface area (Å²) < 4.78 is 4.45. The molecule has 0 saturated carbocycles. The van der Waals surface area contributed by atoms with Crippen molar-refractivity contribution in [2.45, 2.75) is 32.2 Å². The van der Waals surface area contributed by atoms with Crippen LogP contribution in [0.3, 0.4) is 0 Å². The van der Waals surface area contributed by atoms with Crippen LogP contribution in [0.1, 0.15) is 26.7 Å². The van der Waals surface area contributed by atoms with Crippen molar-refractivity contribution < 1.29 is 14.3 Å². The van der Waals surface area contributed by atoms with Crippen LogP contribution in [0.5, 0.6) is 0 Å². The Balaban J connectivity index is 0. The average Bonchev–Trinajstić information content (AvgIpc) is 2.09. The lowest BCUT2D eigenvalue weighted by atomic mass is 10.1. The van der Waals surface area contributed by atoms with Gasteiger partial charge in [0.2, 0.25) is 5.91 Å². The maximum absolute atomic E-state index is 11.2. The van der Waals surface area contributed by atoms with Crippen molar-refractivity contribution in [1.82, 2.24) is 5.32 Å². The van der Waals surface area contributed by atoms with Crippen molar-refractivity contribution in [1.29, 1.82) is 0 Å². The number of rotatable bonds is 5. The van der Waals surface area contributed by atoms with Crippen LogP contribution in [-0.4, -0.2) is 31.1 Å². The number of esters is 1. The van der Waals surface area contributed by atoms with E-state index in [2.05, 4.69) is 10.1 Å². The van der Waals surface area contributed by atoms with Crippen LogP contribution < -0.4 is 11.1 Å². The second-order valence-corrected chi connectivity index (χ2v) is 3.66. The van der Waals surface area contributed by atoms with Crippen LogP contribution in [0.4, 0.5) is 0 Å². The number of carbonyl (C=O) groups is 2. The maximum atomic E-state index is 11.2. The van der Waals surface area contributed by atoms with Crippen LogP contribution >= 0.6 is 12.4 Å². The van der Waals surface area contributed by atoms with E-state index in [4.69, 9.17) is 5.73 Å². The van der Waals surface area contributed by atoms with Crippen molar-refractivity contribution >= 4 is 24.3 Å². The van der Waals surface area contributed by atoms with Gasteiger partial charge < -0.3 is 15.8 Å². The van der Waals surface area contributed by atoms with Gasteiger partial charge in [-0.2, -0.15) is 0 Å². The highest BCUT2D eigenvalue weighted by molar-refractivity contribution is 5.85. The first kappa shape index (κ1) is 16.6. The highest BCUT2D eigenvalue weighted by Crippen LogP contribution is 1.96. The molecule has 0 heterocycles. The summed E-state index contributed by atoms with van der Waals surface area (Å²) in [5, 5.41) is 2.63. The molecule has 15 heavy (non-hydrogen) atoms. The summed E-state index contributed by atoms with van der Waals surface area (Å²) in [6.45, 7) is 3.69. The molecule has 90 valence electrons. The first-order valence-corrected chi connectivity index (χ1v) is 4.52. The summed E-state index contributed by atoms with van der Waals surface area (Å²) >= 11 is 0. The lowest BCUT2D eigenvalue weighted by Crippen LogP contribution is -2.49. The first-order valence-electron chi connectivity index (χ1n) is 4.52. The number of nitrogens with one attached hydrogen (secondary N) is 1. The van der Waals surface area contributed by atoms with Crippen LogP contribution in [-0.2, 0) is 14.3 Å². The fraction of sp³-hybridized carbons (Fsp3) is 0.778. The minimum Gasteiger partial charge on any atom is -0.469 e. The Morgan fingerprint density at radius 3 is 2.33 bits per heavy atom. The molecule has 0 aromatic rings. The van der Waals surface area contributed by atoms with Gasteiger partial charge in [-0.25, -0.2) is 0 Å². The Hall–Kier alpha value is -0.810. The van der Waals surface area contributed by atoms with E-state index in [9.17, 15) is 9.59 Å². The van der Waals surface area contributed by atoms with E-state index in [-0.39, 0.29) is 24.3 Å². The Kier molecular flexibility index (Phi) is 8.28. The predicted octanol–water partition coefficient (Wildman–Crippen LogP) is 0.215. The largest absolute Gasteiger partial charge is 0.469 e. The van der Waals surface area contributed by atoms with Gasteiger partial charge in [0.1, 0.15) is 0 Å². The Morgan fingerprint density at radius 2 is 1.93 bits per heavy atom. The highest BCUT2D eigenvalue weighted by atomic mass is 35.5. The SMILES string of the molecule is COC(=O)CCCNC(=O)C(C)(C)N.Cl. The molecule has 0 radical (unpaired) electrons. The first-order chi connectivity index (χ1) is 6.38. The van der Waals surface area contributed by atoms with Crippen molar-refractivity contribution in [2.24, 2.45) is 5.73 Å². The minimum absolute atomic E-state index is 0. The smallest absolute Gasteiger partial charge is 0.305 e. The van der Waals surface area contributed by atoms with E-state index in [0.29, 0.717) is 19.4 Å². The molecule has 0 rings (SSSR count). The standard InChI is InChI=1S/C9H18N2O3.ClH/c1-9(2,10)8(13)11-6-4-5-7(12)14-3;/h4-6,10H2,1-3H3,(H,11,13);1H. The minimum atomic E-state index is -0.870. The van der Waals surface area contributed by atoms with Crippen molar-refractivity contribution in [2.75, 3.05) is 13.7 Å². The van der Waals surface area contributed by atoms with Gasteiger partial charge in [0.15, 0.2) is 0 Å². The molecule has 0 aromatic carbocycles. The summed E-state index contributed by atoms with van der Waals surface area (Å²) in [5.41, 5.74) is 4.67. The molecule has 0 spiro atoms. The van der Waals surface area contributed by atoms with Gasteiger partial charge in [0.25, 0.3) is 0 Å². The number of amides is 1. The summed E-state index contributed by atoms with van der Waals surface area (Å²) in [4.78, 5) is 21.9. The van der Waals surface area contributed by atoms with Crippen LogP contribution in [0.15, 0.2) is 0 Å². The number of methoxy groups -OCH3 is 1. The fourth-order valence-electron chi connectivity index (χ4n) is 0.765. The molecule has 3 N–H and O–H groups in total. The van der Waals surface area contributed by atoms with E-state index in [1.165, 1.54) is 7.11 Å². The van der Waals surface area contributed by atoms with Crippen LogP contribution in [0.25, 0.3) is 0 Å². The van der Waals surface area contributed by atoms with E-state index in [1.807, 2.05) is 0 Å². The number of ether oxygens (including phenoxy) is 1. The lowest BCUT2D eigenvalue weighted by molar-refractivity contribution is -0.140. The normalized spacial score (nSPS) is 10.1. The summed E-state index contributed by atoms with van der Waals surface area (Å²) in [6.07, 6.45) is 0.871. The van der Waals surface area contributed by atoms with Crippen molar-refractivity contribution in [3.05, 3.63) is 0 Å². The summed E-state index contributed by atoms with van der Waals surface area (Å²) in [7, 11) is 1.34. The zero-order valence-corrected chi connectivity index (χ0v) is 10.1. The summed E-state index contributed by atoms with van der Waals surface area (Å²) in [6, 6.07) is 0. The van der Waals surface area contributed by atoms with Crippen LogP contribution in [0, 0.1) is 0 Å². The second-order valence-electron chi connectivity index (χ2n) is 3.66. The molecule has 0 aliphatic rings. The molecule has 0 atom stereocenters. The number of hydrogen-bond acceptors (Lipinski definition) is 4. The van der Waals surface area contributed by atoms with E-state index >= 15 is 0 Å². The van der Waals surface area contributed by atoms with E-state index in [1.54, 1.807) is 13.8 Å². The van der Waals surface area contributed by atoms with Gasteiger partial charge in [-0.1, -0.05) is 0 Å². The maximum Gasteiger partial charge on any atom is 0.305 e. The van der Waals surface area contributed by atoms with Gasteiger partial charge >= 0.3 is 5.97 Å². The van der Waals surface area contributed by atoms with Gasteiger partial charge in [-0.3, -0.25) is 9.59 Å². The molecule has 1 amide bonds. The summed E-state index contributed by atoms with van der Waals surface area (Å²) in [5.74, 6) is -0.492. The Labute approximate surface area is 96.1 Å². The molecule has 6 heteroatoms. The van der Waals surface area contributed by atoms with Gasteiger partial charge in [-0.05, 0) is 20.3 Å². The van der Waals surface area contributed by atoms with Crippen LogP contribution in [0.2, 0.25) is 0 Å². The molecule has 0 saturated heterocycles. The third kappa shape index (κ3) is 8.20. The third-order valence-corrected chi connectivity index (χ3v) is 1.66. The zero-order valence-electron chi connectivity index (χ0n) is 9.33. The molecule has 0 fully saturated rings. The molecule has 0 aliphatic carbocycles. The topological polar surface area (TPSA) is 81.4 Å². The molecular weight excluding hydrogens is 220 g/mol. The second kappa shape index (κ2) is 7.48. The Morgan fingerprint density at radius 1 is 1.40 bits per heavy atom. The molecule has 0 aromatic heterocycles. The zero-order chi connectivity index (χ0) is 11.2. The number of hydrogen-bond donors (Lipinski definition) is 2. The number of carbonyl (C=O) groups excluding carboxylic acids is 2. The van der Waals surface area contributed by atoms with Crippen molar-refractivity contribution in [3.8, 4) is 0 Å². The molecule has 5 nitrogen and oxygen atoms in total. The molecule has 0 unspecified atom stereocenters. The molecular formula is C9H19ClN2O3. The van der Waals surface area contributed by atoms with E-state index in [0.717, 1.165) is 0 Å². The van der Waals surface area contributed by atoms with Gasteiger partial charge in [-0.15, -0.1) is 12.4 Å². The Bertz CT molecular complexity index is 214. The number of halogens is 1. The predicted molar refractivity (Wildman–Crippen MR) is 59.8 cm³/mol. The lowest BCUT2D eigenvalue weighted by Gasteiger charge is -2.17.